The van der Waals surface area contributed by atoms with Crippen molar-refractivity contribution in [2.75, 3.05) is 0 Å². The molecule has 22 heavy (non-hydrogen) atoms. The number of carbonyl (C=O) groups is 2. The molecule has 0 fully saturated rings. The zero-order valence-electron chi connectivity index (χ0n) is 11.9. The molecule has 0 aromatic carbocycles. The summed E-state index contributed by atoms with van der Waals surface area (Å²) < 4.78 is 0. The summed E-state index contributed by atoms with van der Waals surface area (Å²) in [6, 6.07) is -2.09. The fourth-order valence-corrected chi connectivity index (χ4v) is 2.72. The monoisotopic (exact) mass is 304 g/mol. The second kappa shape index (κ2) is 6.76. The summed E-state index contributed by atoms with van der Waals surface area (Å²) in [5, 5.41) is 22.7. The standard InChI is InChI=1S/C14H14N2O6/c1-8(15-6-17)14(9(2)16-7-18)5-3-4-10(12(19)20)11(14)13(21)22/h3,5,8-9H,4H2,1-2H3,(H,19,20)(H,21,22)/p-2. The molecule has 8 nitrogen and oxygen atoms in total. The number of allylic oxidation sites excluding steroid dienone is 1. The van der Waals surface area contributed by atoms with Gasteiger partial charge in [0.25, 0.3) is 0 Å². The molecule has 0 aromatic rings. The molecule has 0 radical (unpaired) electrons. The highest BCUT2D eigenvalue weighted by Gasteiger charge is 2.46. The van der Waals surface area contributed by atoms with Crippen molar-refractivity contribution in [1.82, 2.24) is 0 Å². The average molecular weight is 304 g/mol. The highest BCUT2D eigenvalue weighted by molar-refractivity contribution is 5.99. The number of carbonyl (C=O) groups excluding carboxylic acids is 4. The van der Waals surface area contributed by atoms with Gasteiger partial charge in [-0.25, -0.2) is 19.6 Å². The third-order valence-corrected chi connectivity index (χ3v) is 3.78. The number of carboxylic acids is 2. The Bertz CT molecular complexity index is 626. The van der Waals surface area contributed by atoms with Crippen LogP contribution in [0.25, 0.3) is 0 Å². The van der Waals surface area contributed by atoms with Crippen molar-refractivity contribution < 1.29 is 29.4 Å². The molecule has 0 aliphatic heterocycles. The molecule has 8 heteroatoms. The summed E-state index contributed by atoms with van der Waals surface area (Å²) in [6.45, 7) is 2.76. The Morgan fingerprint density at radius 1 is 1.14 bits per heavy atom. The quantitative estimate of drug-likeness (QED) is 0.321. The molecule has 2 atom stereocenters. The Morgan fingerprint density at radius 3 is 2.00 bits per heavy atom. The minimum atomic E-state index is -1.76. The first-order valence-electron chi connectivity index (χ1n) is 6.30. The van der Waals surface area contributed by atoms with Crippen LogP contribution in [0, 0.1) is 5.41 Å². The molecule has 0 saturated heterocycles. The molecule has 116 valence electrons. The molecule has 0 amide bonds. The molecule has 1 aliphatic carbocycles. The molecule has 2 unspecified atom stereocenters. The Labute approximate surface area is 125 Å². The SMILES string of the molecule is CC(N=C=O)C1(C(C)N=C=O)C=CCC(C(=O)[O-])=C1C(=O)[O-]. The summed E-state index contributed by atoms with van der Waals surface area (Å²) in [6.07, 6.45) is 5.15. The van der Waals surface area contributed by atoms with Crippen LogP contribution in [0.15, 0.2) is 33.3 Å². The minimum Gasteiger partial charge on any atom is -0.545 e. The van der Waals surface area contributed by atoms with Crippen LogP contribution in [0.4, 0.5) is 0 Å². The van der Waals surface area contributed by atoms with Crippen molar-refractivity contribution in [3.05, 3.63) is 23.3 Å². The van der Waals surface area contributed by atoms with Gasteiger partial charge in [0, 0.05) is 0 Å². The van der Waals surface area contributed by atoms with Gasteiger partial charge in [-0.3, -0.25) is 0 Å². The lowest BCUT2D eigenvalue weighted by Crippen LogP contribution is -2.49. The summed E-state index contributed by atoms with van der Waals surface area (Å²) in [5.41, 5.74) is -2.78. The highest BCUT2D eigenvalue weighted by Crippen LogP contribution is 2.44. The van der Waals surface area contributed by atoms with E-state index in [0.717, 1.165) is 0 Å². The van der Waals surface area contributed by atoms with Gasteiger partial charge in [0.2, 0.25) is 12.2 Å². The number of aliphatic imine (C=N–C) groups is 2. The zero-order valence-corrected chi connectivity index (χ0v) is 11.9. The fourth-order valence-electron chi connectivity index (χ4n) is 2.72. The van der Waals surface area contributed by atoms with E-state index >= 15 is 0 Å². The number of carboxylic acid groups (broad SMARTS) is 2. The molecular formula is C14H12N2O6-2. The van der Waals surface area contributed by atoms with Crippen molar-refractivity contribution in [3.8, 4) is 0 Å². The lowest BCUT2D eigenvalue weighted by molar-refractivity contribution is -0.305. The average Bonchev–Trinajstić information content (AvgIpc) is 2.46. The van der Waals surface area contributed by atoms with Gasteiger partial charge in [0.15, 0.2) is 0 Å². The fraction of sp³-hybridized carbons (Fsp3) is 0.429. The third-order valence-electron chi connectivity index (χ3n) is 3.78. The van der Waals surface area contributed by atoms with E-state index in [-0.39, 0.29) is 6.42 Å². The predicted molar refractivity (Wildman–Crippen MR) is 68.4 cm³/mol. The smallest absolute Gasteiger partial charge is 0.235 e. The second-order valence-electron chi connectivity index (χ2n) is 4.76. The van der Waals surface area contributed by atoms with E-state index in [2.05, 4.69) is 9.98 Å². The number of hydrogen-bond acceptors (Lipinski definition) is 8. The van der Waals surface area contributed by atoms with Crippen LogP contribution < -0.4 is 10.2 Å². The number of rotatable bonds is 6. The molecule has 1 rings (SSSR count). The number of aliphatic carboxylic acids is 2. The van der Waals surface area contributed by atoms with Crippen molar-refractivity contribution in [3.63, 3.8) is 0 Å². The molecule has 1 aliphatic rings. The van der Waals surface area contributed by atoms with Gasteiger partial charge in [-0.1, -0.05) is 12.2 Å². The number of nitrogens with zero attached hydrogens (tertiary/aromatic N) is 2. The first kappa shape index (κ1) is 17.2. The molecule has 0 heterocycles. The van der Waals surface area contributed by atoms with E-state index in [0.29, 0.717) is 0 Å². The van der Waals surface area contributed by atoms with Gasteiger partial charge < -0.3 is 19.8 Å². The zero-order chi connectivity index (χ0) is 16.9. The van der Waals surface area contributed by atoms with Crippen LogP contribution in [-0.4, -0.2) is 36.2 Å². The summed E-state index contributed by atoms with van der Waals surface area (Å²) in [5.74, 6) is -3.44. The van der Waals surface area contributed by atoms with Crippen molar-refractivity contribution in [2.45, 2.75) is 32.4 Å². The van der Waals surface area contributed by atoms with E-state index < -0.39 is 40.6 Å². The second-order valence-corrected chi connectivity index (χ2v) is 4.76. The highest BCUT2D eigenvalue weighted by atomic mass is 16.4. The van der Waals surface area contributed by atoms with E-state index in [9.17, 15) is 29.4 Å². The number of isocyanates is 2. The summed E-state index contributed by atoms with van der Waals surface area (Å²) in [7, 11) is 0. The molecule has 0 aromatic heterocycles. The maximum Gasteiger partial charge on any atom is 0.235 e. The summed E-state index contributed by atoms with van der Waals surface area (Å²) >= 11 is 0. The van der Waals surface area contributed by atoms with E-state index in [4.69, 9.17) is 0 Å². The minimum absolute atomic E-state index is 0.192. The van der Waals surface area contributed by atoms with Gasteiger partial charge >= 0.3 is 0 Å². The predicted octanol–water partition coefficient (Wildman–Crippen LogP) is -1.82. The maximum absolute atomic E-state index is 11.5. The maximum atomic E-state index is 11.5. The molecule has 0 saturated carbocycles. The van der Waals surface area contributed by atoms with Crippen LogP contribution in [-0.2, 0) is 19.2 Å². The molecular weight excluding hydrogens is 292 g/mol. The molecule has 0 spiro atoms. The topological polar surface area (TPSA) is 139 Å². The van der Waals surface area contributed by atoms with Gasteiger partial charge in [-0.2, -0.15) is 0 Å². The Hall–Kier alpha value is -2.82. The van der Waals surface area contributed by atoms with Gasteiger partial charge in [-0.05, 0) is 31.4 Å². The van der Waals surface area contributed by atoms with E-state index in [1.165, 1.54) is 38.2 Å². The van der Waals surface area contributed by atoms with Crippen LogP contribution in [0.2, 0.25) is 0 Å². The van der Waals surface area contributed by atoms with Crippen LogP contribution in [0.3, 0.4) is 0 Å². The van der Waals surface area contributed by atoms with E-state index in [1.54, 1.807) is 0 Å². The molecule has 0 N–H and O–H groups in total. The van der Waals surface area contributed by atoms with Crippen LogP contribution in [0.5, 0.6) is 0 Å². The third kappa shape index (κ3) is 2.79. The van der Waals surface area contributed by atoms with Crippen molar-refractivity contribution in [1.29, 1.82) is 0 Å². The van der Waals surface area contributed by atoms with Crippen molar-refractivity contribution in [2.24, 2.45) is 15.4 Å². The summed E-state index contributed by atoms with van der Waals surface area (Å²) in [4.78, 5) is 50.7. The van der Waals surface area contributed by atoms with Crippen LogP contribution in [0.1, 0.15) is 20.3 Å². The van der Waals surface area contributed by atoms with Gasteiger partial charge in [0.05, 0.1) is 29.4 Å². The largest absolute Gasteiger partial charge is 0.545 e. The first-order chi connectivity index (χ1) is 10.3. The van der Waals surface area contributed by atoms with Crippen molar-refractivity contribution >= 4 is 24.1 Å². The van der Waals surface area contributed by atoms with E-state index in [1.807, 2.05) is 0 Å². The number of hydrogen-bond donors (Lipinski definition) is 0. The Kier molecular flexibility index (Phi) is 5.29. The lowest BCUT2D eigenvalue weighted by atomic mass is 9.65. The lowest BCUT2D eigenvalue weighted by Gasteiger charge is -2.42. The normalized spacial score (nSPS) is 23.0. The first-order valence-corrected chi connectivity index (χ1v) is 6.30. The van der Waals surface area contributed by atoms with Gasteiger partial charge in [0.1, 0.15) is 0 Å². The van der Waals surface area contributed by atoms with Gasteiger partial charge in [-0.15, -0.1) is 0 Å². The van der Waals surface area contributed by atoms with Crippen LogP contribution >= 0.6 is 0 Å². The molecule has 0 bridgehead atoms. The Balaban J connectivity index is 3.78. The Morgan fingerprint density at radius 2 is 1.64 bits per heavy atom.